The third kappa shape index (κ3) is 7.18. The fourth-order valence-corrected chi connectivity index (χ4v) is 5.87. The molecule has 11 heteroatoms. The molecule has 2 aliphatic rings. The number of nitrogens with one attached hydrogen (secondary N) is 1. The van der Waals surface area contributed by atoms with Crippen LogP contribution in [0.25, 0.3) is 5.57 Å². The molecule has 1 aliphatic heterocycles. The molecule has 0 bridgehead atoms. The summed E-state index contributed by atoms with van der Waals surface area (Å²) in [5.74, 6) is -0.0339. The number of alkyl halides is 6. The number of rotatable bonds is 6. The highest BCUT2D eigenvalue weighted by Crippen LogP contribution is 2.46. The molecule has 0 aromatic heterocycles. The highest BCUT2D eigenvalue weighted by atomic mass is 19.4. The minimum Gasteiger partial charge on any atom is -0.439 e. The number of ether oxygens (including phenoxy) is 1. The number of carbonyl (C=O) groups is 2. The van der Waals surface area contributed by atoms with E-state index in [1.165, 1.54) is 11.8 Å². The smallest absolute Gasteiger partial charge is 0.416 e. The minimum atomic E-state index is -5.02. The van der Waals surface area contributed by atoms with Crippen molar-refractivity contribution in [2.75, 3.05) is 11.9 Å². The van der Waals surface area contributed by atoms with Crippen LogP contribution in [0.15, 0.2) is 42.0 Å². The van der Waals surface area contributed by atoms with Crippen molar-refractivity contribution in [3.05, 3.63) is 69.8 Å². The molecule has 1 aliphatic carbocycles. The number of nitrogens with zero attached hydrogens (tertiary/aromatic N) is 1. The van der Waals surface area contributed by atoms with Crippen molar-refractivity contribution in [1.82, 2.24) is 4.90 Å². The standard InChI is InChI=1S/C32H36F6N2O3/c1-17(2)20-7-8-27(39-19(4)41)26(13-20)25-9-10-30(5,6)15-22(25)16-40-18(3)28(43-29(40)42)21-11-23(31(33,34)35)14-24(12-21)32(36,37)38/h7-8,11-14,17-18,28H,9-10,15-16H2,1-6H3,(H,39,41)/t18-,28-/m0/s1. The number of hydrogen-bond donors (Lipinski definition) is 1. The number of cyclic esters (lactones) is 1. The molecule has 2 amide bonds. The van der Waals surface area contributed by atoms with Crippen LogP contribution in [0.4, 0.5) is 36.8 Å². The minimum absolute atomic E-state index is 0.0574. The molecule has 5 nitrogen and oxygen atoms in total. The SMILES string of the molecule is CC(=O)Nc1ccc(C(C)C)cc1C1=C(CN2C(=O)O[C@H](c3cc(C(F)(F)F)cc(C(F)(F)F)c3)[C@@H]2C)CC(C)(C)CC1. The zero-order chi connectivity index (χ0) is 32.1. The second-order valence-electron chi connectivity index (χ2n) is 12.6. The van der Waals surface area contributed by atoms with E-state index in [2.05, 4.69) is 33.0 Å². The molecule has 1 fully saturated rings. The second kappa shape index (κ2) is 11.5. The van der Waals surface area contributed by atoms with Crippen LogP contribution in [0.5, 0.6) is 0 Å². The third-order valence-corrected chi connectivity index (χ3v) is 8.21. The molecule has 1 heterocycles. The van der Waals surface area contributed by atoms with Gasteiger partial charge in [0.2, 0.25) is 5.91 Å². The average Bonchev–Trinajstić information content (AvgIpc) is 3.15. The van der Waals surface area contributed by atoms with Gasteiger partial charge in [-0.15, -0.1) is 0 Å². The molecule has 1 saturated heterocycles. The lowest BCUT2D eigenvalue weighted by molar-refractivity contribution is -0.143. The van der Waals surface area contributed by atoms with Gasteiger partial charge in [0.25, 0.3) is 0 Å². The highest BCUT2D eigenvalue weighted by Gasteiger charge is 2.44. The summed E-state index contributed by atoms with van der Waals surface area (Å²) in [5, 5.41) is 2.89. The molecule has 43 heavy (non-hydrogen) atoms. The molecule has 2 aromatic carbocycles. The molecular weight excluding hydrogens is 574 g/mol. The van der Waals surface area contributed by atoms with Gasteiger partial charge in [-0.25, -0.2) is 4.79 Å². The Morgan fingerprint density at radius 3 is 2.19 bits per heavy atom. The lowest BCUT2D eigenvalue weighted by Crippen LogP contribution is -2.35. The quantitative estimate of drug-likeness (QED) is 0.332. The number of benzene rings is 2. The van der Waals surface area contributed by atoms with Crippen molar-refractivity contribution in [3.63, 3.8) is 0 Å². The first-order chi connectivity index (χ1) is 19.8. The van der Waals surface area contributed by atoms with Crippen LogP contribution in [0.2, 0.25) is 0 Å². The Morgan fingerprint density at radius 1 is 1.05 bits per heavy atom. The van der Waals surface area contributed by atoms with Crippen molar-refractivity contribution in [1.29, 1.82) is 0 Å². The molecule has 1 N–H and O–H groups in total. The number of carbonyl (C=O) groups excluding carboxylic acids is 2. The molecule has 0 unspecified atom stereocenters. The van der Waals surface area contributed by atoms with Crippen LogP contribution in [-0.4, -0.2) is 29.5 Å². The first-order valence-electron chi connectivity index (χ1n) is 14.2. The van der Waals surface area contributed by atoms with Crippen molar-refractivity contribution in [2.45, 2.75) is 91.2 Å². The van der Waals surface area contributed by atoms with E-state index in [1.807, 2.05) is 18.2 Å². The lowest BCUT2D eigenvalue weighted by atomic mass is 9.72. The van der Waals surface area contributed by atoms with E-state index in [1.54, 1.807) is 6.92 Å². The molecule has 2 aromatic rings. The zero-order valence-electron chi connectivity index (χ0n) is 25.0. The average molecular weight is 611 g/mol. The van der Waals surface area contributed by atoms with Crippen molar-refractivity contribution in [3.8, 4) is 0 Å². The number of anilines is 1. The van der Waals surface area contributed by atoms with E-state index in [0.717, 1.165) is 28.7 Å². The summed E-state index contributed by atoms with van der Waals surface area (Å²) in [6, 6.07) is 6.25. The maximum Gasteiger partial charge on any atom is 0.416 e. The largest absolute Gasteiger partial charge is 0.439 e. The maximum absolute atomic E-state index is 13.5. The predicted molar refractivity (Wildman–Crippen MR) is 151 cm³/mol. The molecule has 2 atom stereocenters. The summed E-state index contributed by atoms with van der Waals surface area (Å²) < 4.78 is 86.6. The van der Waals surface area contributed by atoms with Gasteiger partial charge >= 0.3 is 18.4 Å². The van der Waals surface area contributed by atoms with Gasteiger partial charge in [-0.3, -0.25) is 9.69 Å². The van der Waals surface area contributed by atoms with Crippen LogP contribution in [-0.2, 0) is 21.9 Å². The Hall–Kier alpha value is -3.50. The molecule has 4 rings (SSSR count). The Bertz CT molecular complexity index is 1410. The van der Waals surface area contributed by atoms with E-state index < -0.39 is 41.7 Å². The molecule has 0 radical (unpaired) electrons. The van der Waals surface area contributed by atoms with Gasteiger partial charge in [0.15, 0.2) is 0 Å². The molecular formula is C32H36F6N2O3. The summed E-state index contributed by atoms with van der Waals surface area (Å²) in [6.45, 7) is 11.3. The van der Waals surface area contributed by atoms with Gasteiger partial charge in [-0.05, 0) is 90.1 Å². The van der Waals surface area contributed by atoms with Gasteiger partial charge < -0.3 is 10.1 Å². The molecule has 234 valence electrons. The second-order valence-corrected chi connectivity index (χ2v) is 12.6. The van der Waals surface area contributed by atoms with Crippen LogP contribution < -0.4 is 5.32 Å². The summed E-state index contributed by atoms with van der Waals surface area (Å²) in [7, 11) is 0. The normalized spacial score (nSPS) is 21.0. The van der Waals surface area contributed by atoms with E-state index in [4.69, 9.17) is 4.74 Å². The van der Waals surface area contributed by atoms with Crippen molar-refractivity contribution in [2.24, 2.45) is 5.41 Å². The van der Waals surface area contributed by atoms with E-state index in [9.17, 15) is 35.9 Å². The lowest BCUT2D eigenvalue weighted by Gasteiger charge is -2.36. The molecule has 0 saturated carbocycles. The summed E-state index contributed by atoms with van der Waals surface area (Å²) in [6.07, 6.45) is -10.1. The Balaban J connectivity index is 1.77. The van der Waals surface area contributed by atoms with Crippen molar-refractivity contribution < 1.29 is 40.7 Å². The molecule has 0 spiro atoms. The number of halogens is 6. The van der Waals surface area contributed by atoms with Gasteiger partial charge in [0, 0.05) is 24.7 Å². The Labute approximate surface area is 247 Å². The topological polar surface area (TPSA) is 58.6 Å². The first kappa shape index (κ1) is 32.4. The van der Waals surface area contributed by atoms with Crippen LogP contribution in [0.1, 0.15) is 101 Å². The first-order valence-corrected chi connectivity index (χ1v) is 14.2. The fraction of sp³-hybridized carbons (Fsp3) is 0.500. The summed E-state index contributed by atoms with van der Waals surface area (Å²) in [5.41, 5.74) is 0.931. The van der Waals surface area contributed by atoms with Gasteiger partial charge in [-0.1, -0.05) is 33.8 Å². The van der Waals surface area contributed by atoms with Crippen molar-refractivity contribution >= 4 is 23.3 Å². The van der Waals surface area contributed by atoms with E-state index in [-0.39, 0.29) is 35.4 Å². The van der Waals surface area contributed by atoms with E-state index >= 15 is 0 Å². The highest BCUT2D eigenvalue weighted by molar-refractivity contribution is 5.93. The summed E-state index contributed by atoms with van der Waals surface area (Å²) >= 11 is 0. The number of allylic oxidation sites excluding steroid dienone is 1. The predicted octanol–water partition coefficient (Wildman–Crippen LogP) is 9.35. The zero-order valence-corrected chi connectivity index (χ0v) is 25.0. The van der Waals surface area contributed by atoms with E-state index in [0.29, 0.717) is 30.7 Å². The Morgan fingerprint density at radius 2 is 1.65 bits per heavy atom. The van der Waals surface area contributed by atoms with Crippen LogP contribution in [0.3, 0.4) is 0 Å². The van der Waals surface area contributed by atoms with Gasteiger partial charge in [0.05, 0.1) is 17.2 Å². The maximum atomic E-state index is 13.5. The fourth-order valence-electron chi connectivity index (χ4n) is 5.87. The third-order valence-electron chi connectivity index (χ3n) is 8.21. The van der Waals surface area contributed by atoms with Crippen LogP contribution in [0, 0.1) is 5.41 Å². The monoisotopic (exact) mass is 610 g/mol. The van der Waals surface area contributed by atoms with Crippen LogP contribution >= 0.6 is 0 Å². The number of amides is 2. The summed E-state index contributed by atoms with van der Waals surface area (Å²) in [4.78, 5) is 26.5. The van der Waals surface area contributed by atoms with Gasteiger partial charge in [-0.2, -0.15) is 26.3 Å². The number of hydrogen-bond acceptors (Lipinski definition) is 3. The Kier molecular flexibility index (Phi) is 8.70. The van der Waals surface area contributed by atoms with Gasteiger partial charge in [0.1, 0.15) is 6.10 Å².